The van der Waals surface area contributed by atoms with E-state index >= 15 is 0 Å². The fraction of sp³-hybridized carbons (Fsp3) is 0.800. The predicted molar refractivity (Wildman–Crippen MR) is 65.2 cm³/mol. The highest BCUT2D eigenvalue weighted by Crippen LogP contribution is 2.07. The molecule has 0 spiro atoms. The van der Waals surface area contributed by atoms with Crippen molar-refractivity contribution in [3.63, 3.8) is 0 Å². The third-order valence-electron chi connectivity index (χ3n) is 2.05. The third kappa shape index (κ3) is 7.53. The van der Waals surface area contributed by atoms with Crippen LogP contribution in [-0.2, 0) is 14.3 Å². The number of thioether (sulfide) groups is 1. The number of carbonyl (C=O) groups is 2. The molecule has 0 aromatic carbocycles. The minimum atomic E-state index is -0.531. The number of hydrogen-bond donors (Lipinski definition) is 2. The fourth-order valence-electron chi connectivity index (χ4n) is 1.04. The van der Waals surface area contributed by atoms with E-state index in [2.05, 4.69) is 10.1 Å². The Hall–Kier alpha value is -0.750. The molecule has 0 aliphatic heterocycles. The van der Waals surface area contributed by atoms with Gasteiger partial charge in [0.25, 0.3) is 0 Å². The van der Waals surface area contributed by atoms with Gasteiger partial charge in [-0.3, -0.25) is 9.59 Å². The molecule has 0 aliphatic carbocycles. The average Bonchev–Trinajstić information content (AvgIpc) is 2.31. The van der Waals surface area contributed by atoms with Crippen molar-refractivity contribution in [2.75, 3.05) is 25.7 Å². The smallest absolute Gasteiger partial charge is 0.322 e. The number of hydrogen-bond acceptors (Lipinski definition) is 5. The molecule has 0 bridgehead atoms. The Balaban J connectivity index is 3.33. The van der Waals surface area contributed by atoms with Crippen LogP contribution >= 0.6 is 11.8 Å². The van der Waals surface area contributed by atoms with Crippen molar-refractivity contribution in [2.45, 2.75) is 25.3 Å². The van der Waals surface area contributed by atoms with Crippen LogP contribution in [0, 0.1) is 0 Å². The van der Waals surface area contributed by atoms with E-state index in [-0.39, 0.29) is 11.9 Å². The fourth-order valence-corrected chi connectivity index (χ4v) is 2.01. The molecule has 0 radical (unpaired) electrons. The van der Waals surface area contributed by atoms with Crippen LogP contribution in [0.2, 0.25) is 0 Å². The molecule has 0 heterocycles. The van der Waals surface area contributed by atoms with Crippen molar-refractivity contribution < 1.29 is 14.3 Å². The van der Waals surface area contributed by atoms with Gasteiger partial charge in [-0.05, 0) is 24.3 Å². The zero-order valence-electron chi connectivity index (χ0n) is 9.82. The molecule has 0 saturated heterocycles. The van der Waals surface area contributed by atoms with Gasteiger partial charge >= 0.3 is 5.97 Å². The summed E-state index contributed by atoms with van der Waals surface area (Å²) in [5.41, 5.74) is 5.56. The number of amides is 1. The van der Waals surface area contributed by atoms with Gasteiger partial charge in [0, 0.05) is 13.5 Å². The van der Waals surface area contributed by atoms with Gasteiger partial charge in [0.2, 0.25) is 5.91 Å². The maximum atomic E-state index is 11.0. The third-order valence-corrected chi connectivity index (χ3v) is 3.15. The molecule has 5 nitrogen and oxygen atoms in total. The van der Waals surface area contributed by atoms with E-state index in [1.165, 1.54) is 7.11 Å². The van der Waals surface area contributed by atoms with Crippen molar-refractivity contribution in [3.05, 3.63) is 0 Å². The summed E-state index contributed by atoms with van der Waals surface area (Å²) >= 11 is 1.69. The van der Waals surface area contributed by atoms with Gasteiger partial charge in [-0.2, -0.15) is 11.8 Å². The van der Waals surface area contributed by atoms with E-state index in [0.717, 1.165) is 17.9 Å². The molecule has 0 fully saturated rings. The van der Waals surface area contributed by atoms with Crippen LogP contribution in [0.1, 0.15) is 19.3 Å². The molecular weight excluding hydrogens is 228 g/mol. The SMILES string of the molecule is CNC(=O)CCCSCCC(N)C(=O)OC. The van der Waals surface area contributed by atoms with Crippen molar-refractivity contribution in [3.8, 4) is 0 Å². The lowest BCUT2D eigenvalue weighted by molar-refractivity contribution is -0.142. The van der Waals surface area contributed by atoms with Crippen LogP contribution in [-0.4, -0.2) is 43.6 Å². The molecular formula is C10H20N2O3S. The monoisotopic (exact) mass is 248 g/mol. The number of esters is 1. The van der Waals surface area contributed by atoms with Crippen LogP contribution < -0.4 is 11.1 Å². The number of ether oxygens (including phenoxy) is 1. The number of nitrogens with one attached hydrogen (secondary N) is 1. The molecule has 1 unspecified atom stereocenters. The topological polar surface area (TPSA) is 81.4 Å². The number of nitrogens with two attached hydrogens (primary N) is 1. The van der Waals surface area contributed by atoms with Crippen molar-refractivity contribution in [1.29, 1.82) is 0 Å². The Kier molecular flexibility index (Phi) is 9.03. The molecule has 0 aromatic heterocycles. The molecule has 6 heteroatoms. The van der Waals surface area contributed by atoms with Crippen molar-refractivity contribution >= 4 is 23.6 Å². The molecule has 0 aromatic rings. The molecule has 94 valence electrons. The quantitative estimate of drug-likeness (QED) is 0.471. The van der Waals surface area contributed by atoms with E-state index in [1.54, 1.807) is 18.8 Å². The maximum Gasteiger partial charge on any atom is 0.322 e. The molecule has 0 saturated carbocycles. The summed E-state index contributed by atoms with van der Waals surface area (Å²) in [7, 11) is 2.96. The second kappa shape index (κ2) is 9.47. The minimum absolute atomic E-state index is 0.0619. The van der Waals surface area contributed by atoms with E-state index in [9.17, 15) is 9.59 Å². The first-order valence-electron chi connectivity index (χ1n) is 5.23. The van der Waals surface area contributed by atoms with Gasteiger partial charge in [0.15, 0.2) is 0 Å². The van der Waals surface area contributed by atoms with Gasteiger partial charge in [-0.1, -0.05) is 0 Å². The number of methoxy groups -OCH3 is 1. The lowest BCUT2D eigenvalue weighted by Crippen LogP contribution is -2.32. The van der Waals surface area contributed by atoms with E-state index in [1.807, 2.05) is 0 Å². The first kappa shape index (κ1) is 15.2. The molecule has 0 rings (SSSR count). The lowest BCUT2D eigenvalue weighted by atomic mass is 10.2. The summed E-state index contributed by atoms with van der Waals surface area (Å²) in [6.07, 6.45) is 2.00. The summed E-state index contributed by atoms with van der Waals surface area (Å²) in [5, 5.41) is 2.57. The van der Waals surface area contributed by atoms with E-state index < -0.39 is 6.04 Å². The number of carbonyl (C=O) groups excluding carboxylic acids is 2. The second-order valence-electron chi connectivity index (χ2n) is 3.31. The zero-order valence-corrected chi connectivity index (χ0v) is 10.6. The number of rotatable bonds is 8. The van der Waals surface area contributed by atoms with E-state index in [4.69, 9.17) is 5.73 Å². The second-order valence-corrected chi connectivity index (χ2v) is 4.53. The van der Waals surface area contributed by atoms with Crippen LogP contribution in [0.4, 0.5) is 0 Å². The highest BCUT2D eigenvalue weighted by molar-refractivity contribution is 7.99. The Bertz CT molecular complexity index is 224. The Morgan fingerprint density at radius 2 is 2.12 bits per heavy atom. The highest BCUT2D eigenvalue weighted by Gasteiger charge is 2.12. The van der Waals surface area contributed by atoms with Gasteiger partial charge < -0.3 is 15.8 Å². The summed E-state index contributed by atoms with van der Waals surface area (Å²) < 4.78 is 4.51. The maximum absolute atomic E-state index is 11.0. The van der Waals surface area contributed by atoms with Gasteiger partial charge in [0.05, 0.1) is 7.11 Å². The molecule has 0 aliphatic rings. The predicted octanol–water partition coefficient (Wildman–Crippen LogP) is 0.136. The summed E-state index contributed by atoms with van der Waals surface area (Å²) in [6.45, 7) is 0. The molecule has 16 heavy (non-hydrogen) atoms. The highest BCUT2D eigenvalue weighted by atomic mass is 32.2. The first-order valence-corrected chi connectivity index (χ1v) is 6.39. The van der Waals surface area contributed by atoms with E-state index in [0.29, 0.717) is 12.8 Å². The van der Waals surface area contributed by atoms with Gasteiger partial charge in [-0.25, -0.2) is 0 Å². The Labute approximate surface area is 100 Å². The van der Waals surface area contributed by atoms with Gasteiger partial charge in [0.1, 0.15) is 6.04 Å². The lowest BCUT2D eigenvalue weighted by Gasteiger charge is -2.08. The van der Waals surface area contributed by atoms with Crippen LogP contribution in [0.25, 0.3) is 0 Å². The van der Waals surface area contributed by atoms with Crippen LogP contribution in [0.3, 0.4) is 0 Å². The van der Waals surface area contributed by atoms with Crippen LogP contribution in [0.15, 0.2) is 0 Å². The summed E-state index contributed by atoms with van der Waals surface area (Å²) in [5.74, 6) is 1.41. The molecule has 1 amide bonds. The summed E-state index contributed by atoms with van der Waals surface area (Å²) in [4.78, 5) is 21.8. The average molecular weight is 248 g/mol. The Morgan fingerprint density at radius 1 is 1.44 bits per heavy atom. The largest absolute Gasteiger partial charge is 0.468 e. The van der Waals surface area contributed by atoms with Crippen LogP contribution in [0.5, 0.6) is 0 Å². The Morgan fingerprint density at radius 3 is 2.69 bits per heavy atom. The zero-order chi connectivity index (χ0) is 12.4. The van der Waals surface area contributed by atoms with Gasteiger partial charge in [-0.15, -0.1) is 0 Å². The summed E-state index contributed by atoms with van der Waals surface area (Å²) in [6, 6.07) is -0.531. The standard InChI is InChI=1S/C10H20N2O3S/c1-12-9(13)4-3-6-16-7-5-8(11)10(14)15-2/h8H,3-7,11H2,1-2H3,(H,12,13). The first-order chi connectivity index (χ1) is 7.61. The normalized spacial score (nSPS) is 11.9. The minimum Gasteiger partial charge on any atom is -0.468 e. The van der Waals surface area contributed by atoms with Crippen molar-refractivity contribution in [1.82, 2.24) is 5.32 Å². The molecule has 3 N–H and O–H groups in total. The van der Waals surface area contributed by atoms with Crippen molar-refractivity contribution in [2.24, 2.45) is 5.73 Å². The molecule has 1 atom stereocenters.